The second-order valence-electron chi connectivity index (χ2n) is 7.09. The zero-order valence-corrected chi connectivity index (χ0v) is 15.3. The first-order valence-electron chi connectivity index (χ1n) is 8.91. The second-order valence-corrected chi connectivity index (χ2v) is 7.09. The third-order valence-corrected chi connectivity index (χ3v) is 5.10. The normalized spacial score (nSPS) is 17.9. The number of aromatic nitrogens is 2. The molecule has 1 aromatic heterocycles. The number of benzene rings is 1. The molecular formula is C19H21N5O3. The van der Waals surface area contributed by atoms with Crippen LogP contribution in [0.25, 0.3) is 0 Å². The maximum absolute atomic E-state index is 12.8. The molecule has 0 bridgehead atoms. The van der Waals surface area contributed by atoms with Crippen LogP contribution in [0.2, 0.25) is 0 Å². The van der Waals surface area contributed by atoms with E-state index in [-0.39, 0.29) is 29.8 Å². The smallest absolute Gasteiger partial charge is 0.255 e. The Morgan fingerprint density at radius 3 is 2.85 bits per heavy atom. The Morgan fingerprint density at radius 1 is 1.30 bits per heavy atom. The molecule has 2 aromatic rings. The predicted molar refractivity (Wildman–Crippen MR) is 99.6 cm³/mol. The molecule has 8 heteroatoms. The molecule has 0 radical (unpaired) electrons. The van der Waals surface area contributed by atoms with Crippen LogP contribution in [0.3, 0.4) is 0 Å². The molecular weight excluding hydrogens is 346 g/mol. The van der Waals surface area contributed by atoms with Crippen molar-refractivity contribution in [2.75, 3.05) is 25.5 Å². The quantitative estimate of drug-likeness (QED) is 0.828. The first-order valence-corrected chi connectivity index (χ1v) is 8.91. The fourth-order valence-electron chi connectivity index (χ4n) is 3.64. The lowest BCUT2D eigenvalue weighted by molar-refractivity contribution is -0.132. The highest BCUT2D eigenvalue weighted by Gasteiger charge is 2.32. The molecule has 2 aliphatic rings. The van der Waals surface area contributed by atoms with Crippen molar-refractivity contribution in [3.63, 3.8) is 0 Å². The number of H-pyrrole nitrogens is 1. The van der Waals surface area contributed by atoms with Gasteiger partial charge in [0.25, 0.3) is 11.5 Å². The molecule has 0 spiro atoms. The zero-order chi connectivity index (χ0) is 19.1. The standard InChI is InChI=1S/C19H21N5O3/c1-23(2)19-21-15-10-24(8-7-13(15)18(27)22-19)16(25)9-14-11-5-3-4-6-12(11)17(26)20-14/h3-6,14H,7-10H2,1-2H3,(H,20,26)(H,21,22,27)/t14-/m0/s1. The number of nitrogens with zero attached hydrogens (tertiary/aromatic N) is 3. The van der Waals surface area contributed by atoms with Crippen LogP contribution < -0.4 is 15.8 Å². The van der Waals surface area contributed by atoms with Gasteiger partial charge in [-0.1, -0.05) is 18.2 Å². The zero-order valence-electron chi connectivity index (χ0n) is 15.3. The predicted octanol–water partition coefficient (Wildman–Crippen LogP) is 0.595. The average Bonchev–Trinajstić information content (AvgIpc) is 2.97. The Bertz CT molecular complexity index is 982. The van der Waals surface area contributed by atoms with Gasteiger partial charge in [0.05, 0.1) is 24.7 Å². The van der Waals surface area contributed by atoms with Gasteiger partial charge in [0.1, 0.15) is 0 Å². The molecule has 3 heterocycles. The summed E-state index contributed by atoms with van der Waals surface area (Å²) < 4.78 is 0. The van der Waals surface area contributed by atoms with Gasteiger partial charge in [0, 0.05) is 31.8 Å². The summed E-state index contributed by atoms with van der Waals surface area (Å²) in [5, 5.41) is 2.88. The molecule has 2 aliphatic heterocycles. The van der Waals surface area contributed by atoms with Crippen molar-refractivity contribution in [2.24, 2.45) is 0 Å². The summed E-state index contributed by atoms with van der Waals surface area (Å²) in [7, 11) is 3.60. The van der Waals surface area contributed by atoms with E-state index in [9.17, 15) is 14.4 Å². The fraction of sp³-hybridized carbons (Fsp3) is 0.368. The Labute approximate surface area is 156 Å². The SMILES string of the molecule is CN(C)c1nc2c(c(=O)[nH]1)CCN(C(=O)C[C@@H]1NC(=O)c3ccccc31)C2. The molecule has 0 saturated heterocycles. The molecule has 0 aliphatic carbocycles. The van der Waals surface area contributed by atoms with E-state index >= 15 is 0 Å². The number of hydrogen-bond acceptors (Lipinski definition) is 5. The number of fused-ring (bicyclic) bond motifs is 2. The second kappa shape index (κ2) is 6.53. The summed E-state index contributed by atoms with van der Waals surface area (Å²) in [5.74, 6) is 0.275. The molecule has 2 N–H and O–H groups in total. The molecule has 4 rings (SSSR count). The van der Waals surface area contributed by atoms with E-state index in [1.807, 2.05) is 18.2 Å². The summed E-state index contributed by atoms with van der Waals surface area (Å²) in [6.45, 7) is 0.779. The van der Waals surface area contributed by atoms with E-state index in [0.29, 0.717) is 42.3 Å². The summed E-state index contributed by atoms with van der Waals surface area (Å²) in [6.07, 6.45) is 0.673. The van der Waals surface area contributed by atoms with Gasteiger partial charge in [0.2, 0.25) is 11.9 Å². The highest BCUT2D eigenvalue weighted by molar-refractivity contribution is 5.99. The fourth-order valence-corrected chi connectivity index (χ4v) is 3.64. The lowest BCUT2D eigenvalue weighted by Gasteiger charge is -2.29. The van der Waals surface area contributed by atoms with Crippen LogP contribution in [0.5, 0.6) is 0 Å². The minimum atomic E-state index is -0.313. The van der Waals surface area contributed by atoms with Crippen LogP contribution in [0.15, 0.2) is 29.1 Å². The summed E-state index contributed by atoms with van der Waals surface area (Å²) >= 11 is 0. The maximum Gasteiger partial charge on any atom is 0.255 e. The lowest BCUT2D eigenvalue weighted by Crippen LogP contribution is -2.40. The Hall–Kier alpha value is -3.16. The topological polar surface area (TPSA) is 98.4 Å². The van der Waals surface area contributed by atoms with E-state index in [0.717, 1.165) is 5.56 Å². The van der Waals surface area contributed by atoms with Gasteiger partial charge in [-0.25, -0.2) is 4.98 Å². The van der Waals surface area contributed by atoms with E-state index < -0.39 is 0 Å². The van der Waals surface area contributed by atoms with E-state index in [2.05, 4.69) is 15.3 Å². The number of hydrogen-bond donors (Lipinski definition) is 2. The lowest BCUT2D eigenvalue weighted by atomic mass is 10.0. The van der Waals surface area contributed by atoms with Gasteiger partial charge in [-0.05, 0) is 18.1 Å². The average molecular weight is 367 g/mol. The number of rotatable bonds is 3. The van der Waals surface area contributed by atoms with Crippen molar-refractivity contribution in [3.8, 4) is 0 Å². The number of amides is 2. The molecule has 27 heavy (non-hydrogen) atoms. The minimum Gasteiger partial charge on any atom is -0.348 e. The van der Waals surface area contributed by atoms with Crippen LogP contribution in [0, 0.1) is 0 Å². The summed E-state index contributed by atoms with van der Waals surface area (Å²) in [6, 6.07) is 7.02. The molecule has 1 aromatic carbocycles. The van der Waals surface area contributed by atoms with Crippen LogP contribution in [-0.4, -0.2) is 47.3 Å². The van der Waals surface area contributed by atoms with Gasteiger partial charge < -0.3 is 15.1 Å². The van der Waals surface area contributed by atoms with Crippen molar-refractivity contribution < 1.29 is 9.59 Å². The number of nitrogens with one attached hydrogen (secondary N) is 2. The third kappa shape index (κ3) is 3.07. The van der Waals surface area contributed by atoms with Crippen LogP contribution in [0.4, 0.5) is 5.95 Å². The van der Waals surface area contributed by atoms with Crippen LogP contribution >= 0.6 is 0 Å². The number of carbonyl (C=O) groups is 2. The highest BCUT2D eigenvalue weighted by Crippen LogP contribution is 2.28. The first kappa shape index (κ1) is 17.3. The number of aromatic amines is 1. The minimum absolute atomic E-state index is 0.0591. The van der Waals surface area contributed by atoms with Crippen molar-refractivity contribution in [2.45, 2.75) is 25.4 Å². The molecule has 140 valence electrons. The summed E-state index contributed by atoms with van der Waals surface area (Å²) in [5.41, 5.74) is 2.62. The van der Waals surface area contributed by atoms with E-state index in [1.165, 1.54) is 0 Å². The van der Waals surface area contributed by atoms with E-state index in [1.54, 1.807) is 30.0 Å². The van der Waals surface area contributed by atoms with Gasteiger partial charge in [-0.2, -0.15) is 0 Å². The maximum atomic E-state index is 12.8. The Balaban J connectivity index is 1.52. The van der Waals surface area contributed by atoms with Crippen molar-refractivity contribution in [1.29, 1.82) is 0 Å². The molecule has 8 nitrogen and oxygen atoms in total. The molecule has 0 saturated carbocycles. The van der Waals surface area contributed by atoms with Gasteiger partial charge in [-0.3, -0.25) is 19.4 Å². The van der Waals surface area contributed by atoms with E-state index in [4.69, 9.17) is 0 Å². The van der Waals surface area contributed by atoms with Crippen molar-refractivity contribution in [3.05, 3.63) is 57.0 Å². The number of carbonyl (C=O) groups excluding carboxylic acids is 2. The largest absolute Gasteiger partial charge is 0.348 e. The highest BCUT2D eigenvalue weighted by atomic mass is 16.2. The number of anilines is 1. The molecule has 1 atom stereocenters. The molecule has 0 unspecified atom stereocenters. The molecule has 2 amide bonds. The van der Waals surface area contributed by atoms with Gasteiger partial charge >= 0.3 is 0 Å². The van der Waals surface area contributed by atoms with Crippen LogP contribution in [0.1, 0.15) is 39.6 Å². The summed E-state index contributed by atoms with van der Waals surface area (Å²) in [4.78, 5) is 47.8. The monoisotopic (exact) mass is 367 g/mol. The van der Waals surface area contributed by atoms with Gasteiger partial charge in [0.15, 0.2) is 0 Å². The van der Waals surface area contributed by atoms with Crippen molar-refractivity contribution in [1.82, 2.24) is 20.2 Å². The van der Waals surface area contributed by atoms with Crippen LogP contribution in [-0.2, 0) is 17.8 Å². The third-order valence-electron chi connectivity index (χ3n) is 5.10. The molecule has 0 fully saturated rings. The Kier molecular flexibility index (Phi) is 4.18. The van der Waals surface area contributed by atoms with Crippen molar-refractivity contribution >= 4 is 17.8 Å². The van der Waals surface area contributed by atoms with Gasteiger partial charge in [-0.15, -0.1) is 0 Å². The first-order chi connectivity index (χ1) is 12.9. The Morgan fingerprint density at radius 2 is 2.07 bits per heavy atom.